The predicted molar refractivity (Wildman–Crippen MR) is 100.0 cm³/mol. The first kappa shape index (κ1) is 16.6. The van der Waals surface area contributed by atoms with Crippen LogP contribution in [0, 0.1) is 0 Å². The van der Waals surface area contributed by atoms with Gasteiger partial charge in [-0.05, 0) is 68.9 Å². The molecule has 1 fully saturated rings. The average molecular weight is 356 g/mol. The molecule has 2 aliphatic rings. The van der Waals surface area contributed by atoms with Crippen LogP contribution in [0.5, 0.6) is 0 Å². The third-order valence-corrected chi connectivity index (χ3v) is 7.50. The first-order valence-electron chi connectivity index (χ1n) is 8.84. The normalized spacial score (nSPS) is 23.8. The van der Waals surface area contributed by atoms with Crippen LogP contribution in [0.2, 0.25) is 0 Å². The first-order chi connectivity index (χ1) is 12.0. The van der Waals surface area contributed by atoms with Gasteiger partial charge in [-0.25, -0.2) is 8.42 Å². The largest absolute Gasteiger partial charge is 0.371 e. The smallest absolute Gasteiger partial charge is 0.206 e. The molecule has 0 radical (unpaired) electrons. The zero-order valence-electron chi connectivity index (χ0n) is 14.7. The van der Waals surface area contributed by atoms with E-state index in [9.17, 15) is 8.42 Å². The molecule has 132 valence electrons. The van der Waals surface area contributed by atoms with Crippen LogP contribution < -0.4 is 4.90 Å². The van der Waals surface area contributed by atoms with E-state index in [1.54, 1.807) is 30.3 Å². The highest BCUT2D eigenvalue weighted by Gasteiger charge is 2.38. The van der Waals surface area contributed by atoms with Gasteiger partial charge < -0.3 is 9.80 Å². The second-order valence-electron chi connectivity index (χ2n) is 7.20. The SMILES string of the molecule is CN1CC[C@@H]2[C@@H](CC1)c1cc(S(=O)(=O)c3ccccc3)ccc1N2C. The number of likely N-dealkylation sites (N-methyl/N-ethyl adjacent to an activating group) is 1. The standard InChI is InChI=1S/C20H24N2O2S/c1-21-12-10-17-18-14-16(25(23,24)15-6-4-3-5-7-15)8-9-19(18)22(2)20(17)11-13-21/h3-9,14,17,20H,10-13H2,1-2H3/t17-,20+/m0/s1. The third-order valence-electron chi connectivity index (χ3n) is 5.73. The van der Waals surface area contributed by atoms with Crippen LogP contribution in [-0.4, -0.2) is 46.5 Å². The summed E-state index contributed by atoms with van der Waals surface area (Å²) >= 11 is 0. The van der Waals surface area contributed by atoms with Crippen LogP contribution in [0.15, 0.2) is 58.3 Å². The Morgan fingerprint density at radius 2 is 1.64 bits per heavy atom. The molecule has 0 aliphatic carbocycles. The van der Waals surface area contributed by atoms with E-state index in [0.29, 0.717) is 21.8 Å². The van der Waals surface area contributed by atoms with Crippen molar-refractivity contribution in [3.63, 3.8) is 0 Å². The molecule has 0 aromatic heterocycles. The Balaban J connectivity index is 1.76. The summed E-state index contributed by atoms with van der Waals surface area (Å²) in [6, 6.07) is 14.8. The number of fused-ring (bicyclic) bond motifs is 3. The molecule has 0 unspecified atom stereocenters. The third kappa shape index (κ3) is 2.75. The second kappa shape index (κ2) is 6.15. The fourth-order valence-corrected chi connectivity index (χ4v) is 5.59. The van der Waals surface area contributed by atoms with Crippen molar-refractivity contribution in [3.8, 4) is 0 Å². The lowest BCUT2D eigenvalue weighted by Crippen LogP contribution is -2.31. The Morgan fingerprint density at radius 1 is 0.920 bits per heavy atom. The van der Waals surface area contributed by atoms with Gasteiger partial charge in [0.05, 0.1) is 9.79 Å². The molecule has 2 atom stereocenters. The van der Waals surface area contributed by atoms with Crippen molar-refractivity contribution in [1.82, 2.24) is 4.90 Å². The lowest BCUT2D eigenvalue weighted by Gasteiger charge is -2.25. The molecule has 0 amide bonds. The van der Waals surface area contributed by atoms with Gasteiger partial charge in [-0.15, -0.1) is 0 Å². The van der Waals surface area contributed by atoms with Crippen LogP contribution >= 0.6 is 0 Å². The maximum atomic E-state index is 13.0. The van der Waals surface area contributed by atoms with Crippen molar-refractivity contribution >= 4 is 15.5 Å². The monoisotopic (exact) mass is 356 g/mol. The maximum Gasteiger partial charge on any atom is 0.206 e. The number of nitrogens with zero attached hydrogens (tertiary/aromatic N) is 2. The number of hydrogen-bond donors (Lipinski definition) is 0. The number of likely N-dealkylation sites (tertiary alicyclic amines) is 1. The van der Waals surface area contributed by atoms with E-state index in [1.807, 2.05) is 18.2 Å². The fourth-order valence-electron chi connectivity index (χ4n) is 4.28. The van der Waals surface area contributed by atoms with E-state index in [1.165, 1.54) is 11.3 Å². The minimum Gasteiger partial charge on any atom is -0.371 e. The first-order valence-corrected chi connectivity index (χ1v) is 10.3. The van der Waals surface area contributed by atoms with Crippen molar-refractivity contribution < 1.29 is 8.42 Å². The molecule has 1 saturated heterocycles. The molecule has 2 heterocycles. The van der Waals surface area contributed by atoms with Crippen molar-refractivity contribution in [2.24, 2.45) is 0 Å². The summed E-state index contributed by atoms with van der Waals surface area (Å²) in [6.45, 7) is 2.15. The van der Waals surface area contributed by atoms with Gasteiger partial charge in [-0.2, -0.15) is 0 Å². The molecule has 0 N–H and O–H groups in total. The molecule has 0 saturated carbocycles. The van der Waals surface area contributed by atoms with Gasteiger partial charge in [0.2, 0.25) is 9.84 Å². The minimum absolute atomic E-state index is 0.360. The maximum absolute atomic E-state index is 13.0. The van der Waals surface area contributed by atoms with Gasteiger partial charge in [-0.1, -0.05) is 18.2 Å². The Labute approximate surface area is 150 Å². The summed E-state index contributed by atoms with van der Waals surface area (Å²) in [4.78, 5) is 5.48. The number of hydrogen-bond acceptors (Lipinski definition) is 4. The number of benzene rings is 2. The van der Waals surface area contributed by atoms with Crippen molar-refractivity contribution in [2.75, 3.05) is 32.1 Å². The quantitative estimate of drug-likeness (QED) is 0.829. The van der Waals surface area contributed by atoms with E-state index >= 15 is 0 Å². The number of rotatable bonds is 2. The van der Waals surface area contributed by atoms with Crippen molar-refractivity contribution in [3.05, 3.63) is 54.1 Å². The second-order valence-corrected chi connectivity index (χ2v) is 9.15. The van der Waals surface area contributed by atoms with Gasteiger partial charge in [0.25, 0.3) is 0 Å². The van der Waals surface area contributed by atoms with Gasteiger partial charge in [0.1, 0.15) is 0 Å². The van der Waals surface area contributed by atoms with E-state index < -0.39 is 9.84 Å². The Bertz CT molecular complexity index is 880. The summed E-state index contributed by atoms with van der Waals surface area (Å²) in [6.07, 6.45) is 2.19. The van der Waals surface area contributed by atoms with Gasteiger partial charge in [0, 0.05) is 24.7 Å². The van der Waals surface area contributed by atoms with Gasteiger partial charge >= 0.3 is 0 Å². The average Bonchev–Trinajstić information content (AvgIpc) is 2.76. The molecule has 0 spiro atoms. The van der Waals surface area contributed by atoms with Crippen LogP contribution in [-0.2, 0) is 9.84 Å². The van der Waals surface area contributed by atoms with E-state index in [2.05, 4.69) is 23.9 Å². The summed E-state index contributed by atoms with van der Waals surface area (Å²) < 4.78 is 25.9. The summed E-state index contributed by atoms with van der Waals surface area (Å²) in [5.74, 6) is 0.413. The van der Waals surface area contributed by atoms with Crippen LogP contribution in [0.1, 0.15) is 24.3 Å². The lowest BCUT2D eigenvalue weighted by atomic mass is 9.91. The topological polar surface area (TPSA) is 40.6 Å². The Hall–Kier alpha value is -1.85. The molecule has 4 nitrogen and oxygen atoms in total. The molecule has 2 aromatic carbocycles. The lowest BCUT2D eigenvalue weighted by molar-refractivity contribution is 0.345. The highest BCUT2D eigenvalue weighted by molar-refractivity contribution is 7.91. The minimum atomic E-state index is -3.46. The summed E-state index contributed by atoms with van der Waals surface area (Å²) in [5.41, 5.74) is 2.38. The van der Waals surface area contributed by atoms with E-state index in [-0.39, 0.29) is 0 Å². The molecule has 2 aromatic rings. The van der Waals surface area contributed by atoms with Crippen LogP contribution in [0.25, 0.3) is 0 Å². The zero-order chi connectivity index (χ0) is 17.6. The number of anilines is 1. The van der Waals surface area contributed by atoms with Gasteiger partial charge in [0.15, 0.2) is 0 Å². The van der Waals surface area contributed by atoms with E-state index in [4.69, 9.17) is 0 Å². The molecule has 4 rings (SSSR count). The fraction of sp³-hybridized carbons (Fsp3) is 0.400. The molecular formula is C20H24N2O2S. The Kier molecular flexibility index (Phi) is 4.08. The highest BCUT2D eigenvalue weighted by atomic mass is 32.2. The summed E-state index contributed by atoms with van der Waals surface area (Å²) in [5, 5.41) is 0. The highest BCUT2D eigenvalue weighted by Crippen LogP contribution is 2.45. The molecule has 25 heavy (non-hydrogen) atoms. The summed E-state index contributed by atoms with van der Waals surface area (Å²) in [7, 11) is 0.839. The van der Waals surface area contributed by atoms with Crippen LogP contribution in [0.4, 0.5) is 5.69 Å². The predicted octanol–water partition coefficient (Wildman–Crippen LogP) is 3.15. The molecule has 2 aliphatic heterocycles. The molecule has 5 heteroatoms. The molecular weight excluding hydrogens is 332 g/mol. The molecule has 0 bridgehead atoms. The zero-order valence-corrected chi connectivity index (χ0v) is 15.5. The van der Waals surface area contributed by atoms with Crippen LogP contribution in [0.3, 0.4) is 0 Å². The Morgan fingerprint density at radius 3 is 2.40 bits per heavy atom. The van der Waals surface area contributed by atoms with E-state index in [0.717, 1.165) is 25.9 Å². The van der Waals surface area contributed by atoms with Crippen molar-refractivity contribution in [1.29, 1.82) is 0 Å². The number of sulfone groups is 1. The van der Waals surface area contributed by atoms with Crippen molar-refractivity contribution in [2.45, 2.75) is 34.6 Å². The van der Waals surface area contributed by atoms with Gasteiger partial charge in [-0.3, -0.25) is 0 Å².